The largest absolute Gasteiger partial charge is 0.351 e. The van der Waals surface area contributed by atoms with Crippen LogP contribution in [-0.2, 0) is 4.79 Å². The van der Waals surface area contributed by atoms with E-state index < -0.39 is 0 Å². The predicted octanol–water partition coefficient (Wildman–Crippen LogP) is 3.24. The fourth-order valence-electron chi connectivity index (χ4n) is 2.19. The van der Waals surface area contributed by atoms with Gasteiger partial charge in [0, 0.05) is 5.54 Å². The molecule has 1 unspecified atom stereocenters. The third-order valence-corrected chi connectivity index (χ3v) is 4.61. The first kappa shape index (κ1) is 13.0. The highest BCUT2D eigenvalue weighted by atomic mass is 79.9. The molecule has 1 aliphatic carbocycles. The lowest BCUT2D eigenvalue weighted by Crippen LogP contribution is -2.48. The number of alkyl halides is 1. The molecule has 1 saturated carbocycles. The highest BCUT2D eigenvalue weighted by Gasteiger charge is 2.40. The van der Waals surface area contributed by atoms with E-state index in [0.29, 0.717) is 0 Å². The van der Waals surface area contributed by atoms with Gasteiger partial charge in [0.25, 0.3) is 0 Å². The van der Waals surface area contributed by atoms with Gasteiger partial charge < -0.3 is 5.32 Å². The molecule has 15 heavy (non-hydrogen) atoms. The van der Waals surface area contributed by atoms with Crippen molar-refractivity contribution in [3.05, 3.63) is 0 Å². The van der Waals surface area contributed by atoms with Crippen LogP contribution in [0.25, 0.3) is 0 Å². The minimum atomic E-state index is -0.141. The smallest absolute Gasteiger partial charge is 0.234 e. The van der Waals surface area contributed by atoms with Gasteiger partial charge in [-0.1, -0.05) is 35.7 Å². The molecule has 0 bridgehead atoms. The lowest BCUT2D eigenvalue weighted by molar-refractivity contribution is -0.123. The maximum absolute atomic E-state index is 12.0. The van der Waals surface area contributed by atoms with E-state index in [4.69, 9.17) is 0 Å². The summed E-state index contributed by atoms with van der Waals surface area (Å²) in [6, 6.07) is 0. The average molecular weight is 276 g/mol. The minimum Gasteiger partial charge on any atom is -0.351 e. The molecule has 0 heterocycles. The number of hydrogen-bond acceptors (Lipinski definition) is 1. The average Bonchev–Trinajstić information content (AvgIpc) is 2.49. The number of carbonyl (C=O) groups excluding carboxylic acids is 1. The van der Waals surface area contributed by atoms with Crippen molar-refractivity contribution < 1.29 is 4.79 Å². The molecular weight excluding hydrogens is 254 g/mol. The first-order valence-corrected chi connectivity index (χ1v) is 6.62. The summed E-state index contributed by atoms with van der Waals surface area (Å²) in [4.78, 5) is 11.9. The van der Waals surface area contributed by atoms with Crippen LogP contribution < -0.4 is 5.32 Å². The lowest BCUT2D eigenvalue weighted by atomic mass is 9.84. The first-order valence-electron chi connectivity index (χ1n) is 5.71. The van der Waals surface area contributed by atoms with Crippen molar-refractivity contribution in [1.29, 1.82) is 0 Å². The highest BCUT2D eigenvalue weighted by Crippen LogP contribution is 2.43. The van der Waals surface area contributed by atoms with Crippen molar-refractivity contribution >= 4 is 21.8 Å². The first-order chi connectivity index (χ1) is 6.75. The molecule has 88 valence electrons. The van der Waals surface area contributed by atoms with E-state index in [-0.39, 0.29) is 21.7 Å². The molecule has 1 amide bonds. The van der Waals surface area contributed by atoms with Gasteiger partial charge in [-0.05, 0) is 39.0 Å². The maximum Gasteiger partial charge on any atom is 0.234 e. The van der Waals surface area contributed by atoms with Crippen LogP contribution in [-0.4, -0.2) is 16.3 Å². The van der Waals surface area contributed by atoms with Gasteiger partial charge in [-0.15, -0.1) is 0 Å². The molecule has 0 aliphatic heterocycles. The monoisotopic (exact) mass is 275 g/mol. The molecule has 0 saturated heterocycles. The molecule has 3 heteroatoms. The Kier molecular flexibility index (Phi) is 3.85. The molecule has 1 fully saturated rings. The Morgan fingerprint density at radius 3 is 2.20 bits per heavy atom. The molecule has 0 aromatic rings. The van der Waals surface area contributed by atoms with Crippen LogP contribution in [0.15, 0.2) is 0 Å². The van der Waals surface area contributed by atoms with Crippen molar-refractivity contribution in [1.82, 2.24) is 5.32 Å². The van der Waals surface area contributed by atoms with Gasteiger partial charge in [-0.25, -0.2) is 0 Å². The van der Waals surface area contributed by atoms with Crippen molar-refractivity contribution in [3.8, 4) is 0 Å². The number of nitrogens with one attached hydrogen (secondary N) is 1. The SMILES string of the molecule is CC(C)(C)NC(=O)C(Br)C1(C)CCCC1. The van der Waals surface area contributed by atoms with Gasteiger partial charge in [0.2, 0.25) is 5.91 Å². The zero-order valence-corrected chi connectivity index (χ0v) is 11.8. The van der Waals surface area contributed by atoms with E-state index in [2.05, 4.69) is 28.2 Å². The highest BCUT2D eigenvalue weighted by molar-refractivity contribution is 9.10. The number of rotatable bonds is 2. The molecular formula is C12H22BrNO. The number of carbonyl (C=O) groups is 1. The third-order valence-electron chi connectivity index (χ3n) is 3.09. The summed E-state index contributed by atoms with van der Waals surface area (Å²) in [5, 5.41) is 3.04. The van der Waals surface area contributed by atoms with Gasteiger partial charge in [0.05, 0.1) is 4.83 Å². The second kappa shape index (κ2) is 4.44. The Morgan fingerprint density at radius 1 is 1.33 bits per heavy atom. The predicted molar refractivity (Wildman–Crippen MR) is 67.2 cm³/mol. The molecule has 0 aromatic heterocycles. The van der Waals surface area contributed by atoms with Crippen LogP contribution in [0.4, 0.5) is 0 Å². The molecule has 0 spiro atoms. The van der Waals surface area contributed by atoms with E-state index in [0.717, 1.165) is 12.8 Å². The van der Waals surface area contributed by atoms with Gasteiger partial charge in [0.1, 0.15) is 0 Å². The van der Waals surface area contributed by atoms with E-state index in [1.54, 1.807) is 0 Å². The molecule has 1 aliphatic rings. The van der Waals surface area contributed by atoms with Crippen LogP contribution in [0.5, 0.6) is 0 Å². The Bertz CT molecular complexity index is 238. The molecule has 1 rings (SSSR count). The van der Waals surface area contributed by atoms with Crippen molar-refractivity contribution in [3.63, 3.8) is 0 Å². The van der Waals surface area contributed by atoms with Gasteiger partial charge in [-0.2, -0.15) is 0 Å². The summed E-state index contributed by atoms with van der Waals surface area (Å²) < 4.78 is 0. The van der Waals surface area contributed by atoms with Crippen LogP contribution >= 0.6 is 15.9 Å². The fourth-order valence-corrected chi connectivity index (χ4v) is 2.76. The van der Waals surface area contributed by atoms with Crippen LogP contribution in [0.2, 0.25) is 0 Å². The quantitative estimate of drug-likeness (QED) is 0.771. The van der Waals surface area contributed by atoms with Crippen molar-refractivity contribution in [2.75, 3.05) is 0 Å². The standard InChI is InChI=1S/C12H22BrNO/c1-11(2,3)14-10(15)9(13)12(4)7-5-6-8-12/h9H,5-8H2,1-4H3,(H,14,15). The van der Waals surface area contributed by atoms with E-state index >= 15 is 0 Å². The van der Waals surface area contributed by atoms with Crippen molar-refractivity contribution in [2.24, 2.45) is 5.41 Å². The second-order valence-corrected chi connectivity index (χ2v) is 6.88. The zero-order chi connectivity index (χ0) is 11.7. The number of halogens is 1. The topological polar surface area (TPSA) is 29.1 Å². The van der Waals surface area contributed by atoms with Crippen LogP contribution in [0, 0.1) is 5.41 Å². The summed E-state index contributed by atoms with van der Waals surface area (Å²) in [5.41, 5.74) is 0.00734. The molecule has 1 N–H and O–H groups in total. The molecule has 0 aromatic carbocycles. The molecule has 2 nitrogen and oxygen atoms in total. The minimum absolute atomic E-state index is 0.0493. The second-order valence-electron chi connectivity index (χ2n) is 5.96. The maximum atomic E-state index is 12.0. The summed E-state index contributed by atoms with van der Waals surface area (Å²) in [5.74, 6) is 0.131. The molecule has 0 radical (unpaired) electrons. The normalized spacial score (nSPS) is 22.5. The molecule has 1 atom stereocenters. The van der Waals surface area contributed by atoms with Gasteiger partial charge >= 0.3 is 0 Å². The Morgan fingerprint density at radius 2 is 1.80 bits per heavy atom. The summed E-state index contributed by atoms with van der Waals surface area (Å²) in [7, 11) is 0. The number of hydrogen-bond donors (Lipinski definition) is 1. The summed E-state index contributed by atoms with van der Waals surface area (Å²) >= 11 is 3.57. The summed E-state index contributed by atoms with van der Waals surface area (Å²) in [6.07, 6.45) is 4.81. The van der Waals surface area contributed by atoms with E-state index in [1.807, 2.05) is 20.8 Å². The summed E-state index contributed by atoms with van der Waals surface area (Å²) in [6.45, 7) is 8.26. The van der Waals surface area contributed by atoms with E-state index in [1.165, 1.54) is 12.8 Å². The van der Waals surface area contributed by atoms with Gasteiger partial charge in [-0.3, -0.25) is 4.79 Å². The van der Waals surface area contributed by atoms with E-state index in [9.17, 15) is 4.79 Å². The Balaban J connectivity index is 2.60. The number of amides is 1. The van der Waals surface area contributed by atoms with Crippen molar-refractivity contribution in [2.45, 2.75) is 63.7 Å². The zero-order valence-electron chi connectivity index (χ0n) is 10.2. The lowest BCUT2D eigenvalue weighted by Gasteiger charge is -2.31. The Hall–Kier alpha value is -0.0500. The Labute approximate surface area is 101 Å². The third kappa shape index (κ3) is 3.47. The van der Waals surface area contributed by atoms with Gasteiger partial charge in [0.15, 0.2) is 0 Å². The van der Waals surface area contributed by atoms with Crippen LogP contribution in [0.3, 0.4) is 0 Å². The van der Waals surface area contributed by atoms with Crippen LogP contribution in [0.1, 0.15) is 53.4 Å². The fraction of sp³-hybridized carbons (Fsp3) is 0.917.